The topological polar surface area (TPSA) is 50.2 Å². The lowest BCUT2D eigenvalue weighted by Crippen LogP contribution is -2.49. The van der Waals surface area contributed by atoms with Gasteiger partial charge in [0.2, 0.25) is 0 Å². The fourth-order valence-electron chi connectivity index (χ4n) is 4.46. The predicted molar refractivity (Wildman–Crippen MR) is 125 cm³/mol. The number of fused-ring (bicyclic) bond motifs is 1. The zero-order valence-corrected chi connectivity index (χ0v) is 19.9. The van der Waals surface area contributed by atoms with E-state index in [0.29, 0.717) is 16.6 Å². The van der Waals surface area contributed by atoms with Gasteiger partial charge in [-0.05, 0) is 43.4 Å². The highest BCUT2D eigenvalue weighted by Gasteiger charge is 2.37. The standard InChI is InChI=1S/C24H35ClN4O/c1-7-10-18(11-8-2)29-21(9-3)27-23-22(29)24(30)26-16(6)28(23)20-13-12-17(15(4)5)14-19(20)25/h12-16,18H,7-11H2,1-6H3,(H,26,30). The van der Waals surface area contributed by atoms with Gasteiger partial charge in [-0.1, -0.05) is 65.1 Å². The Balaban J connectivity index is 2.17. The van der Waals surface area contributed by atoms with Gasteiger partial charge in [-0.2, -0.15) is 0 Å². The summed E-state index contributed by atoms with van der Waals surface area (Å²) >= 11 is 6.73. The summed E-state index contributed by atoms with van der Waals surface area (Å²) in [6, 6.07) is 6.48. The van der Waals surface area contributed by atoms with Crippen LogP contribution in [0.1, 0.15) is 101 Å². The van der Waals surface area contributed by atoms with Crippen molar-refractivity contribution in [3.8, 4) is 0 Å². The molecule has 6 heteroatoms. The van der Waals surface area contributed by atoms with E-state index in [1.165, 1.54) is 5.56 Å². The molecule has 1 amide bonds. The van der Waals surface area contributed by atoms with E-state index in [0.717, 1.165) is 49.4 Å². The molecule has 1 aromatic carbocycles. The lowest BCUT2D eigenvalue weighted by atomic mass is 10.0. The number of benzene rings is 1. The number of nitrogens with one attached hydrogen (secondary N) is 1. The molecule has 1 aliphatic heterocycles. The van der Waals surface area contributed by atoms with Crippen LogP contribution in [0.3, 0.4) is 0 Å². The molecule has 2 aromatic rings. The third-order valence-corrected chi connectivity index (χ3v) is 6.26. The molecule has 1 unspecified atom stereocenters. The summed E-state index contributed by atoms with van der Waals surface area (Å²) in [7, 11) is 0. The van der Waals surface area contributed by atoms with Crippen LogP contribution < -0.4 is 10.2 Å². The number of rotatable bonds is 8. The van der Waals surface area contributed by atoms with Crippen molar-refractivity contribution in [2.75, 3.05) is 4.90 Å². The number of aromatic nitrogens is 2. The third-order valence-electron chi connectivity index (χ3n) is 5.96. The lowest BCUT2D eigenvalue weighted by Gasteiger charge is -2.36. The minimum absolute atomic E-state index is 0.0481. The first kappa shape index (κ1) is 22.7. The van der Waals surface area contributed by atoms with Crippen molar-refractivity contribution in [2.24, 2.45) is 0 Å². The van der Waals surface area contributed by atoms with Crippen LogP contribution in [0.5, 0.6) is 0 Å². The maximum atomic E-state index is 13.1. The van der Waals surface area contributed by atoms with Gasteiger partial charge in [0.15, 0.2) is 11.5 Å². The summed E-state index contributed by atoms with van der Waals surface area (Å²) in [5.74, 6) is 2.05. The SMILES string of the molecule is CCCC(CCC)n1c(CC)nc2c1C(=O)NC(C)N2c1ccc(C(C)C)cc1Cl. The first-order valence-electron chi connectivity index (χ1n) is 11.3. The van der Waals surface area contributed by atoms with Crippen molar-refractivity contribution in [2.45, 2.75) is 91.8 Å². The van der Waals surface area contributed by atoms with Gasteiger partial charge in [0.1, 0.15) is 12.0 Å². The zero-order valence-electron chi connectivity index (χ0n) is 19.1. The zero-order chi connectivity index (χ0) is 22.0. The molecule has 0 spiro atoms. The van der Waals surface area contributed by atoms with Crippen molar-refractivity contribution in [1.82, 2.24) is 14.9 Å². The molecule has 0 saturated carbocycles. The number of carbonyl (C=O) groups excluding carboxylic acids is 1. The molecule has 5 nitrogen and oxygen atoms in total. The second-order valence-corrected chi connectivity index (χ2v) is 8.95. The van der Waals surface area contributed by atoms with E-state index >= 15 is 0 Å². The molecule has 0 fully saturated rings. The molecule has 0 radical (unpaired) electrons. The number of anilines is 2. The van der Waals surface area contributed by atoms with Crippen LogP contribution in [0.15, 0.2) is 18.2 Å². The van der Waals surface area contributed by atoms with Gasteiger partial charge < -0.3 is 14.8 Å². The Kier molecular flexibility index (Phi) is 7.12. The van der Waals surface area contributed by atoms with E-state index in [-0.39, 0.29) is 18.1 Å². The van der Waals surface area contributed by atoms with Gasteiger partial charge in [0, 0.05) is 12.5 Å². The van der Waals surface area contributed by atoms with Crippen LogP contribution in [-0.4, -0.2) is 21.6 Å². The van der Waals surface area contributed by atoms with E-state index in [9.17, 15) is 4.79 Å². The molecule has 3 rings (SSSR count). The Morgan fingerprint density at radius 3 is 2.37 bits per heavy atom. The number of hydrogen-bond acceptors (Lipinski definition) is 3. The van der Waals surface area contributed by atoms with Crippen LogP contribution in [0.4, 0.5) is 11.5 Å². The number of nitrogens with zero attached hydrogens (tertiary/aromatic N) is 3. The predicted octanol–water partition coefficient (Wildman–Crippen LogP) is 6.59. The molecule has 1 aliphatic rings. The smallest absolute Gasteiger partial charge is 0.273 e. The average molecular weight is 431 g/mol. The minimum Gasteiger partial charge on any atom is -0.330 e. The first-order valence-corrected chi connectivity index (χ1v) is 11.7. The summed E-state index contributed by atoms with van der Waals surface area (Å²) in [5.41, 5.74) is 2.74. The molecular weight excluding hydrogens is 396 g/mol. The fourth-order valence-corrected chi connectivity index (χ4v) is 4.74. The molecular formula is C24H35ClN4O. The quantitative estimate of drug-likeness (QED) is 0.513. The second-order valence-electron chi connectivity index (χ2n) is 8.54. The van der Waals surface area contributed by atoms with Crippen LogP contribution >= 0.6 is 11.6 Å². The van der Waals surface area contributed by atoms with Crippen LogP contribution in [0.25, 0.3) is 0 Å². The average Bonchev–Trinajstić information content (AvgIpc) is 3.08. The second kappa shape index (κ2) is 9.42. The molecule has 1 aromatic heterocycles. The molecule has 0 aliphatic carbocycles. The third kappa shape index (κ3) is 4.09. The van der Waals surface area contributed by atoms with Crippen LogP contribution in [0, 0.1) is 0 Å². The fraction of sp³-hybridized carbons (Fsp3) is 0.583. The summed E-state index contributed by atoms with van der Waals surface area (Å²) in [6.45, 7) is 12.8. The summed E-state index contributed by atoms with van der Waals surface area (Å²) < 4.78 is 2.20. The normalized spacial score (nSPS) is 16.4. The van der Waals surface area contributed by atoms with E-state index < -0.39 is 0 Å². The summed E-state index contributed by atoms with van der Waals surface area (Å²) in [6.07, 6.45) is 4.78. The molecule has 1 atom stereocenters. The maximum Gasteiger partial charge on any atom is 0.273 e. The Hall–Kier alpha value is -2.01. The number of halogens is 1. The highest BCUT2D eigenvalue weighted by molar-refractivity contribution is 6.33. The molecule has 0 bridgehead atoms. The van der Waals surface area contributed by atoms with E-state index in [1.54, 1.807) is 0 Å². The number of imidazole rings is 1. The van der Waals surface area contributed by atoms with Crippen molar-refractivity contribution in [3.63, 3.8) is 0 Å². The Morgan fingerprint density at radius 2 is 1.83 bits per heavy atom. The largest absolute Gasteiger partial charge is 0.330 e. The molecule has 164 valence electrons. The van der Waals surface area contributed by atoms with Crippen molar-refractivity contribution >= 4 is 29.0 Å². The highest BCUT2D eigenvalue weighted by Crippen LogP contribution is 2.40. The Bertz CT molecular complexity index is 899. The lowest BCUT2D eigenvalue weighted by molar-refractivity contribution is 0.0920. The summed E-state index contributed by atoms with van der Waals surface area (Å²) in [4.78, 5) is 20.2. The first-order chi connectivity index (χ1) is 14.3. The Morgan fingerprint density at radius 1 is 1.17 bits per heavy atom. The number of aryl methyl sites for hydroxylation is 1. The van der Waals surface area contributed by atoms with Gasteiger partial charge in [-0.15, -0.1) is 0 Å². The maximum absolute atomic E-state index is 13.1. The highest BCUT2D eigenvalue weighted by atomic mass is 35.5. The molecule has 2 heterocycles. The van der Waals surface area contributed by atoms with Gasteiger partial charge in [0.25, 0.3) is 5.91 Å². The minimum atomic E-state index is -0.226. The van der Waals surface area contributed by atoms with E-state index in [1.807, 2.05) is 13.0 Å². The van der Waals surface area contributed by atoms with Gasteiger partial charge in [-0.3, -0.25) is 4.79 Å². The number of carbonyl (C=O) groups is 1. The van der Waals surface area contributed by atoms with Crippen LogP contribution in [0.2, 0.25) is 5.02 Å². The monoisotopic (exact) mass is 430 g/mol. The van der Waals surface area contributed by atoms with E-state index in [4.69, 9.17) is 16.6 Å². The summed E-state index contributed by atoms with van der Waals surface area (Å²) in [5, 5.41) is 3.81. The van der Waals surface area contributed by atoms with Crippen molar-refractivity contribution in [3.05, 3.63) is 40.3 Å². The molecule has 1 N–H and O–H groups in total. The van der Waals surface area contributed by atoms with Gasteiger partial charge in [-0.25, -0.2) is 4.98 Å². The van der Waals surface area contributed by atoms with Crippen molar-refractivity contribution < 1.29 is 4.79 Å². The van der Waals surface area contributed by atoms with Crippen molar-refractivity contribution in [1.29, 1.82) is 0 Å². The number of hydrogen-bond donors (Lipinski definition) is 1. The van der Waals surface area contributed by atoms with E-state index in [2.05, 4.69) is 61.5 Å². The number of amides is 1. The molecule has 0 saturated heterocycles. The van der Waals surface area contributed by atoms with Crippen LogP contribution in [-0.2, 0) is 6.42 Å². The Labute approximate surface area is 185 Å². The molecule has 30 heavy (non-hydrogen) atoms. The van der Waals surface area contributed by atoms with Gasteiger partial charge >= 0.3 is 0 Å². The van der Waals surface area contributed by atoms with Gasteiger partial charge in [0.05, 0.1) is 10.7 Å².